The number of halogens is 1. The van der Waals surface area contributed by atoms with E-state index < -0.39 is 0 Å². The van der Waals surface area contributed by atoms with E-state index in [2.05, 4.69) is 25.7 Å². The normalized spacial score (nSPS) is 11.1. The predicted molar refractivity (Wildman–Crippen MR) is 133 cm³/mol. The Morgan fingerprint density at radius 1 is 1.03 bits per heavy atom. The van der Waals surface area contributed by atoms with Crippen molar-refractivity contribution >= 4 is 29.9 Å². The topological polar surface area (TPSA) is 80.3 Å². The zero-order valence-electron chi connectivity index (χ0n) is 17.2. The monoisotopic (exact) mass is 528 g/mol. The lowest BCUT2D eigenvalue weighted by Gasteiger charge is -2.09. The van der Waals surface area contributed by atoms with Crippen LogP contribution >= 0.6 is 24.0 Å². The number of benzene rings is 2. The van der Waals surface area contributed by atoms with Crippen LogP contribution in [-0.4, -0.2) is 27.3 Å². The van der Waals surface area contributed by atoms with Gasteiger partial charge in [-0.3, -0.25) is 0 Å². The molecule has 0 radical (unpaired) electrons. The standard InChI is InChI=1S/C23H24N6O.HI/c1-2-24-23(25-13-18-14-27-29(16-18)21-11-7-4-8-12-21)26-15-20-17-30-22(28-20)19-9-5-3-6-10-19;/h3-12,14,16-17H,2,13,15H2,1H3,(H2,24,25,26);1H. The largest absolute Gasteiger partial charge is 0.444 e. The van der Waals surface area contributed by atoms with Crippen molar-refractivity contribution in [2.45, 2.75) is 20.0 Å². The minimum Gasteiger partial charge on any atom is -0.444 e. The molecule has 7 nitrogen and oxygen atoms in total. The Kier molecular flexibility index (Phi) is 8.22. The quantitative estimate of drug-likeness (QED) is 0.211. The molecule has 0 aliphatic carbocycles. The fourth-order valence-electron chi connectivity index (χ4n) is 2.95. The van der Waals surface area contributed by atoms with Crippen LogP contribution in [-0.2, 0) is 13.1 Å². The number of hydrogen-bond donors (Lipinski definition) is 2. The molecule has 31 heavy (non-hydrogen) atoms. The van der Waals surface area contributed by atoms with E-state index in [0.717, 1.165) is 29.1 Å². The van der Waals surface area contributed by atoms with Crippen LogP contribution in [0.4, 0.5) is 0 Å². The van der Waals surface area contributed by atoms with Crippen molar-refractivity contribution in [2.24, 2.45) is 4.99 Å². The van der Waals surface area contributed by atoms with Crippen LogP contribution < -0.4 is 10.6 Å². The second kappa shape index (κ2) is 11.3. The van der Waals surface area contributed by atoms with Gasteiger partial charge in [0, 0.05) is 23.9 Å². The Bertz CT molecular complexity index is 1090. The predicted octanol–water partition coefficient (Wildman–Crippen LogP) is 4.40. The highest BCUT2D eigenvalue weighted by atomic mass is 127. The zero-order chi connectivity index (χ0) is 20.6. The van der Waals surface area contributed by atoms with E-state index in [-0.39, 0.29) is 24.0 Å². The number of para-hydroxylation sites is 1. The first-order chi connectivity index (χ1) is 14.8. The molecule has 0 fully saturated rings. The molecule has 0 amide bonds. The van der Waals surface area contributed by atoms with Crippen LogP contribution in [0.5, 0.6) is 0 Å². The van der Waals surface area contributed by atoms with Gasteiger partial charge in [0.2, 0.25) is 5.89 Å². The summed E-state index contributed by atoms with van der Waals surface area (Å²) in [6.07, 6.45) is 5.50. The summed E-state index contributed by atoms with van der Waals surface area (Å²) in [7, 11) is 0. The van der Waals surface area contributed by atoms with E-state index in [1.165, 1.54) is 0 Å². The molecule has 2 aromatic carbocycles. The van der Waals surface area contributed by atoms with Crippen molar-refractivity contribution in [2.75, 3.05) is 6.54 Å². The van der Waals surface area contributed by atoms with Crippen LogP contribution in [0.25, 0.3) is 17.1 Å². The van der Waals surface area contributed by atoms with Gasteiger partial charge in [0.05, 0.1) is 30.7 Å². The number of aromatic nitrogens is 3. The van der Waals surface area contributed by atoms with Crippen LogP contribution in [0.1, 0.15) is 18.2 Å². The van der Waals surface area contributed by atoms with Crippen molar-refractivity contribution in [3.05, 3.63) is 90.6 Å². The number of nitrogens with one attached hydrogen (secondary N) is 2. The maximum atomic E-state index is 5.59. The van der Waals surface area contributed by atoms with E-state index in [1.54, 1.807) is 6.26 Å². The Balaban J connectivity index is 0.00000272. The smallest absolute Gasteiger partial charge is 0.226 e. The molecule has 0 aliphatic rings. The van der Waals surface area contributed by atoms with Crippen LogP contribution in [0.3, 0.4) is 0 Å². The molecule has 2 N–H and O–H groups in total. The van der Waals surface area contributed by atoms with Crippen LogP contribution in [0.15, 0.2) is 88.7 Å². The summed E-state index contributed by atoms with van der Waals surface area (Å²) in [5.74, 6) is 1.33. The van der Waals surface area contributed by atoms with Crippen LogP contribution in [0, 0.1) is 0 Å². The van der Waals surface area contributed by atoms with Crippen molar-refractivity contribution < 1.29 is 4.42 Å². The Morgan fingerprint density at radius 3 is 2.52 bits per heavy atom. The first-order valence-electron chi connectivity index (χ1n) is 9.93. The summed E-state index contributed by atoms with van der Waals surface area (Å²) in [6, 6.07) is 19.9. The third-order valence-corrected chi connectivity index (χ3v) is 4.43. The number of guanidine groups is 1. The molecule has 160 valence electrons. The highest BCUT2D eigenvalue weighted by Crippen LogP contribution is 2.17. The summed E-state index contributed by atoms with van der Waals surface area (Å²) >= 11 is 0. The molecule has 0 unspecified atom stereocenters. The van der Waals surface area contributed by atoms with E-state index >= 15 is 0 Å². The molecule has 2 heterocycles. The third kappa shape index (κ3) is 6.17. The van der Waals surface area contributed by atoms with E-state index in [4.69, 9.17) is 4.42 Å². The molecule has 0 saturated carbocycles. The molecular weight excluding hydrogens is 503 g/mol. The summed E-state index contributed by atoms with van der Waals surface area (Å²) in [4.78, 5) is 9.20. The lowest BCUT2D eigenvalue weighted by atomic mass is 10.2. The Labute approximate surface area is 198 Å². The van der Waals surface area contributed by atoms with Crippen molar-refractivity contribution in [3.63, 3.8) is 0 Å². The number of hydrogen-bond acceptors (Lipinski definition) is 4. The maximum Gasteiger partial charge on any atom is 0.226 e. The van der Waals surface area contributed by atoms with Gasteiger partial charge in [0.25, 0.3) is 0 Å². The second-order valence-corrected chi connectivity index (χ2v) is 6.69. The summed E-state index contributed by atoms with van der Waals surface area (Å²) in [5, 5.41) is 11.0. The van der Waals surface area contributed by atoms with Gasteiger partial charge in [0.15, 0.2) is 5.96 Å². The Morgan fingerprint density at radius 2 is 1.77 bits per heavy atom. The van der Waals surface area contributed by atoms with Gasteiger partial charge in [-0.15, -0.1) is 24.0 Å². The number of aliphatic imine (C=N–C) groups is 1. The Hall–Kier alpha value is -3.14. The summed E-state index contributed by atoms with van der Waals surface area (Å²) < 4.78 is 7.45. The number of nitrogens with zero attached hydrogens (tertiary/aromatic N) is 4. The molecule has 4 rings (SSSR count). The summed E-state index contributed by atoms with van der Waals surface area (Å²) in [6.45, 7) is 3.85. The van der Waals surface area contributed by atoms with Crippen molar-refractivity contribution in [1.29, 1.82) is 0 Å². The molecular formula is C23H25IN6O. The van der Waals surface area contributed by atoms with E-state index in [1.807, 2.05) is 84.7 Å². The zero-order valence-corrected chi connectivity index (χ0v) is 19.6. The molecule has 0 bridgehead atoms. The average molecular weight is 528 g/mol. The third-order valence-electron chi connectivity index (χ3n) is 4.43. The first-order valence-corrected chi connectivity index (χ1v) is 9.93. The minimum absolute atomic E-state index is 0. The summed E-state index contributed by atoms with van der Waals surface area (Å²) in [5.41, 5.74) is 3.83. The highest BCUT2D eigenvalue weighted by molar-refractivity contribution is 14.0. The van der Waals surface area contributed by atoms with Gasteiger partial charge in [-0.1, -0.05) is 36.4 Å². The molecule has 0 saturated heterocycles. The van der Waals surface area contributed by atoms with Gasteiger partial charge < -0.3 is 15.1 Å². The van der Waals surface area contributed by atoms with Crippen LogP contribution in [0.2, 0.25) is 0 Å². The second-order valence-electron chi connectivity index (χ2n) is 6.69. The fraction of sp³-hybridized carbons (Fsp3) is 0.174. The number of rotatable bonds is 7. The molecule has 0 spiro atoms. The van der Waals surface area contributed by atoms with Gasteiger partial charge >= 0.3 is 0 Å². The van der Waals surface area contributed by atoms with Crippen molar-refractivity contribution in [1.82, 2.24) is 25.4 Å². The lowest BCUT2D eigenvalue weighted by molar-refractivity contribution is 0.572. The lowest BCUT2D eigenvalue weighted by Crippen LogP contribution is -2.36. The van der Waals surface area contributed by atoms with Gasteiger partial charge in [0.1, 0.15) is 6.26 Å². The molecule has 4 aromatic rings. The van der Waals surface area contributed by atoms with Gasteiger partial charge in [-0.05, 0) is 31.2 Å². The fourth-order valence-corrected chi connectivity index (χ4v) is 2.95. The molecule has 2 aromatic heterocycles. The van der Waals surface area contributed by atoms with Gasteiger partial charge in [-0.2, -0.15) is 5.10 Å². The highest BCUT2D eigenvalue weighted by Gasteiger charge is 2.07. The molecule has 0 atom stereocenters. The molecule has 0 aliphatic heterocycles. The van der Waals surface area contributed by atoms with E-state index in [9.17, 15) is 0 Å². The van der Waals surface area contributed by atoms with E-state index in [0.29, 0.717) is 24.9 Å². The maximum absolute atomic E-state index is 5.59. The van der Waals surface area contributed by atoms with Gasteiger partial charge in [-0.25, -0.2) is 14.7 Å². The first kappa shape index (κ1) is 22.5. The SMILES string of the molecule is CCNC(=NCc1cnn(-c2ccccc2)c1)NCc1coc(-c2ccccc2)n1.I. The molecule has 8 heteroatoms. The number of oxazole rings is 1. The van der Waals surface area contributed by atoms with Crippen molar-refractivity contribution in [3.8, 4) is 17.1 Å². The minimum atomic E-state index is 0. The average Bonchev–Trinajstić information content (AvgIpc) is 3.47.